The molecule has 0 aliphatic carbocycles. The second kappa shape index (κ2) is 4.88. The Morgan fingerprint density at radius 1 is 1.29 bits per heavy atom. The Kier molecular flexibility index (Phi) is 3.48. The largest absolute Gasteiger partial charge is 0.312 e. The lowest BCUT2D eigenvalue weighted by Gasteiger charge is -2.18. The molecule has 1 fully saturated rings. The van der Waals surface area contributed by atoms with Crippen LogP contribution in [-0.4, -0.2) is 25.0 Å². The molecule has 0 saturated carbocycles. The molecule has 0 radical (unpaired) electrons. The van der Waals surface area contributed by atoms with Crippen molar-refractivity contribution in [2.24, 2.45) is 0 Å². The Balaban J connectivity index is 2.19. The maximum absolute atomic E-state index is 12.0. The van der Waals surface area contributed by atoms with Crippen molar-refractivity contribution < 1.29 is 4.79 Å². The molecule has 0 bridgehead atoms. The number of hydrogen-bond acceptors (Lipinski definition) is 2. The highest BCUT2D eigenvalue weighted by Crippen LogP contribution is 2.24. The fourth-order valence-corrected chi connectivity index (χ4v) is 2.49. The van der Waals surface area contributed by atoms with E-state index in [9.17, 15) is 4.79 Å². The summed E-state index contributed by atoms with van der Waals surface area (Å²) in [5.74, 6) is 0.223. The van der Waals surface area contributed by atoms with Crippen LogP contribution in [0.4, 0.5) is 5.69 Å². The quantitative estimate of drug-likeness (QED) is 0.864. The van der Waals surface area contributed by atoms with E-state index in [1.807, 2.05) is 4.90 Å². The number of carbonyl (C=O) groups excluding carboxylic acids is 1. The van der Waals surface area contributed by atoms with Crippen LogP contribution < -0.4 is 10.2 Å². The Hall–Kier alpha value is -1.35. The van der Waals surface area contributed by atoms with Crippen LogP contribution in [0.2, 0.25) is 0 Å². The number of amides is 1. The zero-order valence-corrected chi connectivity index (χ0v) is 10.8. The first-order chi connectivity index (χ1) is 8.10. The van der Waals surface area contributed by atoms with Gasteiger partial charge in [-0.2, -0.15) is 0 Å². The van der Waals surface area contributed by atoms with Gasteiger partial charge in [0, 0.05) is 24.7 Å². The summed E-state index contributed by atoms with van der Waals surface area (Å²) in [6.45, 7) is 7.91. The summed E-state index contributed by atoms with van der Waals surface area (Å²) in [4.78, 5) is 13.9. The van der Waals surface area contributed by atoms with Crippen LogP contribution in [0.25, 0.3) is 0 Å². The zero-order valence-electron chi connectivity index (χ0n) is 10.8. The van der Waals surface area contributed by atoms with Gasteiger partial charge in [-0.05, 0) is 43.7 Å². The predicted octanol–water partition coefficient (Wildman–Crippen LogP) is 2.02. The molecule has 3 heteroatoms. The molecular formula is C14H20N2O. The average Bonchev–Trinajstić information content (AvgIpc) is 2.58. The van der Waals surface area contributed by atoms with Gasteiger partial charge in [0.15, 0.2) is 0 Å². The Labute approximate surface area is 103 Å². The lowest BCUT2D eigenvalue weighted by molar-refractivity contribution is -0.117. The summed E-state index contributed by atoms with van der Waals surface area (Å²) in [6.07, 6.45) is 0.612. The number of benzene rings is 1. The van der Waals surface area contributed by atoms with Crippen LogP contribution in [0, 0.1) is 13.8 Å². The summed E-state index contributed by atoms with van der Waals surface area (Å²) in [6, 6.07) is 6.60. The highest BCUT2D eigenvalue weighted by Gasteiger charge is 2.29. The number of likely N-dealkylation sites (N-methyl/N-ethyl adjacent to an activating group) is 1. The number of carbonyl (C=O) groups is 1. The minimum absolute atomic E-state index is 0.223. The average molecular weight is 232 g/mol. The molecule has 0 spiro atoms. The Bertz CT molecular complexity index is 408. The maximum Gasteiger partial charge on any atom is 0.228 e. The summed E-state index contributed by atoms with van der Waals surface area (Å²) in [5, 5.41) is 3.34. The summed E-state index contributed by atoms with van der Waals surface area (Å²) >= 11 is 0. The van der Waals surface area contributed by atoms with Crippen LogP contribution in [0.1, 0.15) is 24.5 Å². The van der Waals surface area contributed by atoms with E-state index in [2.05, 4.69) is 44.3 Å². The second-order valence-corrected chi connectivity index (χ2v) is 4.81. The van der Waals surface area contributed by atoms with Crippen molar-refractivity contribution in [1.82, 2.24) is 5.32 Å². The van der Waals surface area contributed by atoms with Crippen molar-refractivity contribution in [2.45, 2.75) is 33.2 Å². The maximum atomic E-state index is 12.0. The molecule has 92 valence electrons. The molecular weight excluding hydrogens is 212 g/mol. The van der Waals surface area contributed by atoms with Gasteiger partial charge in [-0.3, -0.25) is 4.79 Å². The van der Waals surface area contributed by atoms with Gasteiger partial charge in [0.2, 0.25) is 5.91 Å². The van der Waals surface area contributed by atoms with Gasteiger partial charge < -0.3 is 10.2 Å². The smallest absolute Gasteiger partial charge is 0.228 e. The molecule has 1 aromatic carbocycles. The van der Waals surface area contributed by atoms with Gasteiger partial charge in [-0.1, -0.05) is 13.0 Å². The van der Waals surface area contributed by atoms with E-state index in [4.69, 9.17) is 0 Å². The van der Waals surface area contributed by atoms with E-state index in [-0.39, 0.29) is 5.91 Å². The molecule has 1 amide bonds. The number of hydrogen-bond donors (Lipinski definition) is 1. The van der Waals surface area contributed by atoms with Gasteiger partial charge in [-0.25, -0.2) is 0 Å². The molecule has 1 saturated heterocycles. The molecule has 1 heterocycles. The van der Waals surface area contributed by atoms with E-state index in [0.29, 0.717) is 12.5 Å². The highest BCUT2D eigenvalue weighted by molar-refractivity contribution is 5.96. The van der Waals surface area contributed by atoms with Gasteiger partial charge in [0.1, 0.15) is 0 Å². The summed E-state index contributed by atoms with van der Waals surface area (Å²) in [7, 11) is 0. The first-order valence-electron chi connectivity index (χ1n) is 6.22. The Morgan fingerprint density at radius 3 is 2.53 bits per heavy atom. The van der Waals surface area contributed by atoms with Crippen LogP contribution >= 0.6 is 0 Å². The number of anilines is 1. The van der Waals surface area contributed by atoms with Crippen molar-refractivity contribution in [3.63, 3.8) is 0 Å². The first-order valence-corrected chi connectivity index (χ1v) is 6.22. The van der Waals surface area contributed by atoms with Crippen LogP contribution in [0.5, 0.6) is 0 Å². The van der Waals surface area contributed by atoms with Crippen molar-refractivity contribution in [2.75, 3.05) is 18.0 Å². The molecule has 1 aliphatic heterocycles. The van der Waals surface area contributed by atoms with Gasteiger partial charge in [0.25, 0.3) is 0 Å². The molecule has 2 rings (SSSR count). The zero-order chi connectivity index (χ0) is 12.4. The SMILES string of the molecule is CCNC1CC(=O)N(c2cc(C)cc(C)c2)C1. The van der Waals surface area contributed by atoms with Crippen LogP contribution in [0.3, 0.4) is 0 Å². The second-order valence-electron chi connectivity index (χ2n) is 4.81. The number of rotatable bonds is 3. The van der Waals surface area contributed by atoms with E-state index in [0.717, 1.165) is 18.8 Å². The molecule has 1 aromatic rings. The van der Waals surface area contributed by atoms with Gasteiger partial charge in [-0.15, -0.1) is 0 Å². The minimum Gasteiger partial charge on any atom is -0.312 e. The number of nitrogens with zero attached hydrogens (tertiary/aromatic N) is 1. The molecule has 3 nitrogen and oxygen atoms in total. The van der Waals surface area contributed by atoms with E-state index >= 15 is 0 Å². The van der Waals surface area contributed by atoms with Crippen molar-refractivity contribution in [3.8, 4) is 0 Å². The third-order valence-corrected chi connectivity index (χ3v) is 3.14. The van der Waals surface area contributed by atoms with Crippen LogP contribution in [0.15, 0.2) is 18.2 Å². The molecule has 0 aromatic heterocycles. The van der Waals surface area contributed by atoms with E-state index in [1.54, 1.807) is 0 Å². The molecule has 17 heavy (non-hydrogen) atoms. The highest BCUT2D eigenvalue weighted by atomic mass is 16.2. The molecule has 1 N–H and O–H groups in total. The number of nitrogens with one attached hydrogen (secondary N) is 1. The third-order valence-electron chi connectivity index (χ3n) is 3.14. The molecule has 1 unspecified atom stereocenters. The van der Waals surface area contributed by atoms with E-state index < -0.39 is 0 Å². The minimum atomic E-state index is 0.223. The predicted molar refractivity (Wildman–Crippen MR) is 70.4 cm³/mol. The lowest BCUT2D eigenvalue weighted by Crippen LogP contribution is -2.32. The fraction of sp³-hybridized carbons (Fsp3) is 0.500. The first kappa shape index (κ1) is 12.1. The fourth-order valence-electron chi connectivity index (χ4n) is 2.49. The summed E-state index contributed by atoms with van der Waals surface area (Å²) < 4.78 is 0. The Morgan fingerprint density at radius 2 is 1.94 bits per heavy atom. The monoisotopic (exact) mass is 232 g/mol. The van der Waals surface area contributed by atoms with Crippen molar-refractivity contribution in [3.05, 3.63) is 29.3 Å². The molecule has 1 atom stereocenters. The van der Waals surface area contributed by atoms with E-state index in [1.165, 1.54) is 11.1 Å². The lowest BCUT2D eigenvalue weighted by atomic mass is 10.1. The third kappa shape index (κ3) is 2.67. The topological polar surface area (TPSA) is 32.3 Å². The van der Waals surface area contributed by atoms with Gasteiger partial charge in [0.05, 0.1) is 0 Å². The van der Waals surface area contributed by atoms with Gasteiger partial charge >= 0.3 is 0 Å². The standard InChI is InChI=1S/C14H20N2O/c1-4-15-12-8-14(17)16(9-12)13-6-10(2)5-11(3)7-13/h5-7,12,15H,4,8-9H2,1-3H3. The van der Waals surface area contributed by atoms with Crippen LogP contribution in [-0.2, 0) is 4.79 Å². The van der Waals surface area contributed by atoms with Crippen molar-refractivity contribution >= 4 is 11.6 Å². The van der Waals surface area contributed by atoms with Crippen molar-refractivity contribution in [1.29, 1.82) is 0 Å². The number of aryl methyl sites for hydroxylation is 2. The molecule has 1 aliphatic rings. The summed E-state index contributed by atoms with van der Waals surface area (Å²) in [5.41, 5.74) is 3.45. The normalized spacial score (nSPS) is 20.1.